The van der Waals surface area contributed by atoms with Crippen molar-refractivity contribution in [3.8, 4) is 0 Å². The second-order valence-corrected chi connectivity index (χ2v) is 3.84. The van der Waals surface area contributed by atoms with Gasteiger partial charge in [0.1, 0.15) is 11.3 Å². The van der Waals surface area contributed by atoms with Gasteiger partial charge in [-0.15, -0.1) is 6.58 Å². The molecule has 2 aromatic rings. The van der Waals surface area contributed by atoms with Gasteiger partial charge in [-0.25, -0.2) is 0 Å². The van der Waals surface area contributed by atoms with E-state index in [1.807, 2.05) is 30.3 Å². The summed E-state index contributed by atoms with van der Waals surface area (Å²) in [6, 6.07) is 9.44. The molecule has 0 saturated heterocycles. The van der Waals surface area contributed by atoms with E-state index in [-0.39, 0.29) is 5.91 Å². The van der Waals surface area contributed by atoms with E-state index in [2.05, 4.69) is 11.7 Å². The van der Waals surface area contributed by atoms with Gasteiger partial charge < -0.3 is 9.42 Å². The highest BCUT2D eigenvalue weighted by Crippen LogP contribution is 2.18. The predicted octanol–water partition coefficient (Wildman–Crippen LogP) is 2.82. The topological polar surface area (TPSA) is 46.3 Å². The van der Waals surface area contributed by atoms with Crippen LogP contribution in [0.25, 0.3) is 0 Å². The van der Waals surface area contributed by atoms with Crippen LogP contribution in [0.2, 0.25) is 0 Å². The van der Waals surface area contributed by atoms with E-state index in [9.17, 15) is 4.79 Å². The molecule has 1 aromatic carbocycles. The Morgan fingerprint density at radius 3 is 2.72 bits per heavy atom. The molecule has 0 N–H and O–H groups in total. The van der Waals surface area contributed by atoms with E-state index < -0.39 is 0 Å². The SMILES string of the molecule is C=CCN(C(=O)c1cnoc1C)c1ccccc1. The van der Waals surface area contributed by atoms with Gasteiger partial charge in [-0.2, -0.15) is 0 Å². The van der Waals surface area contributed by atoms with E-state index in [1.165, 1.54) is 6.20 Å². The van der Waals surface area contributed by atoms with E-state index in [1.54, 1.807) is 17.9 Å². The molecule has 0 aliphatic heterocycles. The number of hydrogen-bond acceptors (Lipinski definition) is 3. The molecule has 0 aliphatic rings. The average Bonchev–Trinajstić information content (AvgIpc) is 2.82. The summed E-state index contributed by atoms with van der Waals surface area (Å²) >= 11 is 0. The van der Waals surface area contributed by atoms with Gasteiger partial charge in [0.25, 0.3) is 5.91 Å². The Kier molecular flexibility index (Phi) is 3.57. The third kappa shape index (κ3) is 2.32. The Labute approximate surface area is 106 Å². The minimum absolute atomic E-state index is 0.139. The monoisotopic (exact) mass is 242 g/mol. The standard InChI is InChI=1S/C14H14N2O2/c1-3-9-16(12-7-5-4-6-8-12)14(17)13-10-15-18-11(13)2/h3-8,10H,1,9H2,2H3. The third-order valence-corrected chi connectivity index (χ3v) is 2.61. The number of hydrogen-bond donors (Lipinski definition) is 0. The maximum atomic E-state index is 12.4. The first-order valence-electron chi connectivity index (χ1n) is 5.63. The quantitative estimate of drug-likeness (QED) is 0.774. The van der Waals surface area contributed by atoms with Crippen LogP contribution in [0.4, 0.5) is 5.69 Å². The van der Waals surface area contributed by atoms with Crippen molar-refractivity contribution in [1.82, 2.24) is 5.16 Å². The highest BCUT2D eigenvalue weighted by molar-refractivity contribution is 6.06. The second-order valence-electron chi connectivity index (χ2n) is 3.84. The molecular weight excluding hydrogens is 228 g/mol. The number of aromatic nitrogens is 1. The lowest BCUT2D eigenvalue weighted by Gasteiger charge is -2.20. The van der Waals surface area contributed by atoms with Crippen LogP contribution in [0.5, 0.6) is 0 Å². The fourth-order valence-corrected chi connectivity index (χ4v) is 1.69. The fraction of sp³-hybridized carbons (Fsp3) is 0.143. The number of para-hydroxylation sites is 1. The van der Waals surface area contributed by atoms with Crippen molar-refractivity contribution >= 4 is 11.6 Å². The van der Waals surface area contributed by atoms with Gasteiger partial charge in [-0.1, -0.05) is 29.4 Å². The van der Waals surface area contributed by atoms with Crippen LogP contribution in [0.1, 0.15) is 16.1 Å². The molecule has 0 unspecified atom stereocenters. The summed E-state index contributed by atoms with van der Waals surface area (Å²) in [6.45, 7) is 5.84. The predicted molar refractivity (Wildman–Crippen MR) is 69.6 cm³/mol. The van der Waals surface area contributed by atoms with Gasteiger partial charge in [0, 0.05) is 12.2 Å². The highest BCUT2D eigenvalue weighted by Gasteiger charge is 2.20. The van der Waals surface area contributed by atoms with Crippen LogP contribution in [0.3, 0.4) is 0 Å². The van der Waals surface area contributed by atoms with E-state index >= 15 is 0 Å². The third-order valence-electron chi connectivity index (χ3n) is 2.61. The molecule has 1 aromatic heterocycles. The molecule has 1 amide bonds. The molecule has 0 aliphatic carbocycles. The summed E-state index contributed by atoms with van der Waals surface area (Å²) < 4.78 is 4.93. The Bertz CT molecular complexity index is 546. The Balaban J connectivity index is 2.34. The van der Waals surface area contributed by atoms with E-state index in [0.717, 1.165) is 5.69 Å². The molecule has 18 heavy (non-hydrogen) atoms. The number of carbonyl (C=O) groups is 1. The van der Waals surface area contributed by atoms with Gasteiger partial charge in [0.15, 0.2) is 0 Å². The average molecular weight is 242 g/mol. The summed E-state index contributed by atoms with van der Waals surface area (Å²) in [5, 5.41) is 3.63. The summed E-state index contributed by atoms with van der Waals surface area (Å²) in [5.41, 5.74) is 1.30. The molecule has 4 heteroatoms. The minimum Gasteiger partial charge on any atom is -0.361 e. The van der Waals surface area contributed by atoms with Crippen molar-refractivity contribution < 1.29 is 9.32 Å². The first kappa shape index (κ1) is 12.1. The van der Waals surface area contributed by atoms with Crippen LogP contribution in [0, 0.1) is 6.92 Å². The Morgan fingerprint density at radius 1 is 1.44 bits per heavy atom. The molecular formula is C14H14N2O2. The van der Waals surface area contributed by atoms with E-state index in [0.29, 0.717) is 17.9 Å². The van der Waals surface area contributed by atoms with Crippen LogP contribution in [0.15, 0.2) is 53.7 Å². The first-order chi connectivity index (χ1) is 8.74. The molecule has 92 valence electrons. The maximum Gasteiger partial charge on any atom is 0.263 e. The summed E-state index contributed by atoms with van der Waals surface area (Å²) in [7, 11) is 0. The lowest BCUT2D eigenvalue weighted by atomic mass is 10.2. The van der Waals surface area contributed by atoms with Gasteiger partial charge >= 0.3 is 0 Å². The highest BCUT2D eigenvalue weighted by atomic mass is 16.5. The molecule has 0 saturated carbocycles. The normalized spacial score (nSPS) is 10.1. The lowest BCUT2D eigenvalue weighted by molar-refractivity contribution is 0.0988. The van der Waals surface area contributed by atoms with Crippen molar-refractivity contribution in [3.63, 3.8) is 0 Å². The fourth-order valence-electron chi connectivity index (χ4n) is 1.69. The van der Waals surface area contributed by atoms with Crippen LogP contribution in [-0.4, -0.2) is 17.6 Å². The van der Waals surface area contributed by atoms with Crippen molar-refractivity contribution in [3.05, 3.63) is 60.5 Å². The number of rotatable bonds is 4. The molecule has 1 heterocycles. The first-order valence-corrected chi connectivity index (χ1v) is 5.63. The molecule has 2 rings (SSSR count). The van der Waals surface area contributed by atoms with Crippen LogP contribution >= 0.6 is 0 Å². The van der Waals surface area contributed by atoms with Gasteiger partial charge in [0.05, 0.1) is 6.20 Å². The van der Waals surface area contributed by atoms with Gasteiger partial charge in [-0.3, -0.25) is 4.79 Å². The second kappa shape index (κ2) is 5.31. The Morgan fingerprint density at radius 2 is 2.17 bits per heavy atom. The lowest BCUT2D eigenvalue weighted by Crippen LogP contribution is -2.31. The van der Waals surface area contributed by atoms with Crippen LogP contribution < -0.4 is 4.90 Å². The number of nitrogens with zero attached hydrogens (tertiary/aromatic N) is 2. The number of aryl methyl sites for hydroxylation is 1. The van der Waals surface area contributed by atoms with Crippen molar-refractivity contribution in [2.75, 3.05) is 11.4 Å². The molecule has 0 spiro atoms. The van der Waals surface area contributed by atoms with Gasteiger partial charge in [0.2, 0.25) is 0 Å². The zero-order valence-corrected chi connectivity index (χ0v) is 10.2. The number of anilines is 1. The number of benzene rings is 1. The molecule has 0 bridgehead atoms. The number of amides is 1. The van der Waals surface area contributed by atoms with Crippen LogP contribution in [-0.2, 0) is 0 Å². The summed E-state index contributed by atoms with van der Waals surface area (Å²) in [5.74, 6) is 0.379. The van der Waals surface area contributed by atoms with E-state index in [4.69, 9.17) is 4.52 Å². The minimum atomic E-state index is -0.139. The molecule has 0 radical (unpaired) electrons. The molecule has 4 nitrogen and oxygen atoms in total. The smallest absolute Gasteiger partial charge is 0.263 e. The summed E-state index contributed by atoms with van der Waals surface area (Å²) in [6.07, 6.45) is 3.13. The molecule has 0 atom stereocenters. The maximum absolute atomic E-state index is 12.4. The van der Waals surface area contributed by atoms with Crippen molar-refractivity contribution in [2.45, 2.75) is 6.92 Å². The summed E-state index contributed by atoms with van der Waals surface area (Å²) in [4.78, 5) is 14.0. The Hall–Kier alpha value is -2.36. The molecule has 0 fully saturated rings. The zero-order valence-electron chi connectivity index (χ0n) is 10.2. The zero-order chi connectivity index (χ0) is 13.0. The van der Waals surface area contributed by atoms with Crippen molar-refractivity contribution in [1.29, 1.82) is 0 Å². The van der Waals surface area contributed by atoms with Gasteiger partial charge in [-0.05, 0) is 19.1 Å². The largest absolute Gasteiger partial charge is 0.361 e. The van der Waals surface area contributed by atoms with Crippen molar-refractivity contribution in [2.24, 2.45) is 0 Å². The number of carbonyl (C=O) groups excluding carboxylic acids is 1.